The van der Waals surface area contributed by atoms with Gasteiger partial charge in [-0.3, -0.25) is 38.7 Å². The number of anilines is 1. The van der Waals surface area contributed by atoms with E-state index < -0.39 is 17.6 Å². The standard InChI is InChI=1S/C29H39N3O3.C26H34FN3O2.C24H29N3O2.C21H29F3N2O2/c1-22-18-23(2)20-26(19-22)29(34)32-15-13-30(14-16-32)21-28(33)25-7-9-27(10-8-25)35-17-5-12-31-11-4-6-24(31)3;1-21-7-5-12-29(21)13-6-18-32-26-11-10-22(19-24(26)27)25(31)20-28-14-16-30(17-15-28)23-8-3-2-4-9-23;1-18-7-5-14-26(18)15-6-16-29-21-12-10-20(11-13-21)24(28)17-27-19(2)25-22-8-3-4-9-23(22)27;1-16-4-2-9-26(16)10-3-13-28-20-6-5-17(14-18(20)22)19(27)15-25-11-7-21(23,24)8-12-25/h7-10,18-20,24H,4-6,11-17,21H2,1-3H3;2-4,8-11,19,21H,5-7,12-18,20H2,1H3;3-4,8-13,18H,5-7,14-17H2,1-2H3;5-6,14,16H,2-4,7-13,15H2,1H3/t24-;21-;18-;16-/m1111/s1. The number of hydrogen-bond donors (Lipinski definition) is 0. The molecule has 7 aromatic carbocycles. The Morgan fingerprint density at radius 3 is 1.19 bits per heavy atom. The maximum absolute atomic E-state index is 14.5. The fourth-order valence-electron chi connectivity index (χ4n) is 17.9. The molecule has 7 aliphatic heterocycles. The molecule has 0 saturated carbocycles. The van der Waals surface area contributed by atoms with Crippen molar-refractivity contribution in [3.8, 4) is 23.0 Å². The summed E-state index contributed by atoms with van der Waals surface area (Å²) in [4.78, 5) is 88.2. The lowest BCUT2D eigenvalue weighted by atomic mass is 10.1. The predicted molar refractivity (Wildman–Crippen MR) is 483 cm³/mol. The van der Waals surface area contributed by atoms with Gasteiger partial charge in [0.15, 0.2) is 46.3 Å². The molecule has 0 radical (unpaired) electrons. The average molecular weight is 1710 g/mol. The van der Waals surface area contributed by atoms with E-state index in [0.717, 1.165) is 136 Å². The highest BCUT2D eigenvalue weighted by Gasteiger charge is 2.35. The molecule has 668 valence electrons. The van der Waals surface area contributed by atoms with E-state index in [1.807, 2.05) is 133 Å². The van der Waals surface area contributed by atoms with Crippen LogP contribution in [0.2, 0.25) is 0 Å². The molecule has 7 saturated heterocycles. The Kier molecular flexibility index (Phi) is 35.3. The number of benzene rings is 7. The minimum Gasteiger partial charge on any atom is -0.494 e. The number of rotatable bonds is 34. The predicted octanol–water partition coefficient (Wildman–Crippen LogP) is 16.8. The first kappa shape index (κ1) is 93.7. The van der Waals surface area contributed by atoms with Gasteiger partial charge in [-0.15, -0.1) is 0 Å². The molecule has 7 fully saturated rings. The van der Waals surface area contributed by atoms with Crippen molar-refractivity contribution in [1.82, 2.24) is 48.8 Å². The van der Waals surface area contributed by atoms with E-state index in [0.29, 0.717) is 113 Å². The van der Waals surface area contributed by atoms with E-state index in [1.165, 1.54) is 88.3 Å². The molecule has 0 N–H and O–H groups in total. The van der Waals surface area contributed by atoms with Crippen LogP contribution in [0.5, 0.6) is 23.0 Å². The molecule has 0 aliphatic carbocycles. The average Bonchev–Trinajstić information content (AvgIpc) is 1.65. The number of ketones is 4. The molecule has 0 spiro atoms. The molecular formula is C100H131F4N11O9. The van der Waals surface area contributed by atoms with Crippen LogP contribution in [0, 0.1) is 32.4 Å². The van der Waals surface area contributed by atoms with Gasteiger partial charge in [0.05, 0.1) is 63.6 Å². The maximum atomic E-state index is 14.5. The summed E-state index contributed by atoms with van der Waals surface area (Å²) in [5.74, 6) is -0.863. The zero-order valence-corrected chi connectivity index (χ0v) is 74.2. The Labute approximate surface area is 732 Å². The highest BCUT2D eigenvalue weighted by molar-refractivity contribution is 5.99. The SMILES string of the molecule is C[C@@H]1CCCN1CCCOc1ccc(C(=O)CN2CCC(F)(F)CC2)cc1F.C[C@@H]1CCCN1CCCOc1ccc(C(=O)CN2CCN(c3ccccc3)CC2)cc1F.Cc1cc(C)cc(C(=O)N2CCN(CC(=O)c3ccc(OCCCN4CCC[C@H]4C)cc3)CC2)c1.Cc1nc2ccccc2n1CC(=O)c1ccc(OCCCN2CCC[C@H]2C)cc1. The summed E-state index contributed by atoms with van der Waals surface area (Å²) in [7, 11) is 0. The van der Waals surface area contributed by atoms with Crippen LogP contribution < -0.4 is 23.8 Å². The van der Waals surface area contributed by atoms with Crippen molar-refractivity contribution in [2.24, 2.45) is 0 Å². The number of carbonyl (C=O) groups excluding carboxylic acids is 5. The van der Waals surface area contributed by atoms with Crippen LogP contribution in [0.15, 0.2) is 158 Å². The van der Waals surface area contributed by atoms with Gasteiger partial charge in [-0.05, 0) is 273 Å². The van der Waals surface area contributed by atoms with Crippen LogP contribution in [0.3, 0.4) is 0 Å². The van der Waals surface area contributed by atoms with E-state index >= 15 is 0 Å². The number of alkyl halides is 2. The molecule has 15 rings (SSSR count). The third-order valence-corrected chi connectivity index (χ3v) is 25.5. The number of fused-ring (bicyclic) bond motifs is 1. The molecule has 1 aromatic heterocycles. The number of nitrogens with zero attached hydrogens (tertiary/aromatic N) is 11. The lowest BCUT2D eigenvalue weighted by Gasteiger charge is -2.35. The number of piperazine rings is 2. The van der Waals surface area contributed by atoms with Gasteiger partial charge in [0.1, 0.15) is 17.3 Å². The van der Waals surface area contributed by atoms with Gasteiger partial charge in [-0.25, -0.2) is 22.5 Å². The van der Waals surface area contributed by atoms with Crippen LogP contribution in [0.25, 0.3) is 11.0 Å². The second-order valence-electron chi connectivity index (χ2n) is 34.9. The molecule has 24 heteroatoms. The van der Waals surface area contributed by atoms with Crippen LogP contribution in [0.4, 0.5) is 23.2 Å². The third-order valence-electron chi connectivity index (χ3n) is 25.5. The van der Waals surface area contributed by atoms with E-state index in [2.05, 4.69) is 85.2 Å². The molecule has 0 unspecified atom stereocenters. The van der Waals surface area contributed by atoms with Gasteiger partial charge in [0, 0.05) is 162 Å². The molecule has 7 aliphatic rings. The van der Waals surface area contributed by atoms with Gasteiger partial charge in [-0.2, -0.15) is 0 Å². The highest BCUT2D eigenvalue weighted by atomic mass is 19.3. The highest BCUT2D eigenvalue weighted by Crippen LogP contribution is 2.30. The number of carbonyl (C=O) groups is 5. The molecule has 1 amide bonds. The van der Waals surface area contributed by atoms with Gasteiger partial charge in [0.2, 0.25) is 0 Å². The summed E-state index contributed by atoms with van der Waals surface area (Å²) in [6.45, 7) is 33.6. The normalized spacial score (nSPS) is 19.8. The number of likely N-dealkylation sites (tertiary alicyclic amines) is 5. The third kappa shape index (κ3) is 28.0. The Morgan fingerprint density at radius 1 is 0.395 bits per heavy atom. The van der Waals surface area contributed by atoms with Crippen molar-refractivity contribution in [3.63, 3.8) is 0 Å². The number of amides is 1. The van der Waals surface area contributed by atoms with Crippen molar-refractivity contribution in [3.05, 3.63) is 214 Å². The van der Waals surface area contributed by atoms with E-state index in [1.54, 1.807) is 23.1 Å². The zero-order chi connectivity index (χ0) is 87.5. The van der Waals surface area contributed by atoms with Crippen molar-refractivity contribution in [2.75, 3.05) is 169 Å². The second kappa shape index (κ2) is 46.7. The Balaban J connectivity index is 0.000000151. The fraction of sp³-hybridized carbons (Fsp3) is 0.520. The van der Waals surface area contributed by atoms with Crippen molar-refractivity contribution >= 4 is 45.8 Å². The minimum absolute atomic E-state index is 0.0315. The van der Waals surface area contributed by atoms with Crippen molar-refractivity contribution < 1.29 is 60.5 Å². The molecule has 124 heavy (non-hydrogen) atoms. The smallest absolute Gasteiger partial charge is 0.253 e. The summed E-state index contributed by atoms with van der Waals surface area (Å²) in [6, 6.07) is 50.7. The lowest BCUT2D eigenvalue weighted by Crippen LogP contribution is -2.49. The molecule has 0 bridgehead atoms. The molecule has 20 nitrogen and oxygen atoms in total. The van der Waals surface area contributed by atoms with E-state index in [9.17, 15) is 41.5 Å². The largest absolute Gasteiger partial charge is 0.494 e. The first-order valence-corrected chi connectivity index (χ1v) is 45.5. The Hall–Kier alpha value is -9.40. The van der Waals surface area contributed by atoms with E-state index in [4.69, 9.17) is 18.9 Å². The van der Waals surface area contributed by atoms with Gasteiger partial charge in [-0.1, -0.05) is 47.5 Å². The number of piperidine rings is 1. The lowest BCUT2D eigenvalue weighted by molar-refractivity contribution is -0.0537. The minimum atomic E-state index is -2.64. The van der Waals surface area contributed by atoms with Crippen LogP contribution >= 0.6 is 0 Å². The van der Waals surface area contributed by atoms with Crippen LogP contribution in [-0.4, -0.2) is 272 Å². The van der Waals surface area contributed by atoms with E-state index in [-0.39, 0.29) is 78.6 Å². The summed E-state index contributed by atoms with van der Waals surface area (Å²) in [6.07, 6.45) is 13.5. The number of aromatic nitrogens is 2. The topological polar surface area (TPSA) is 169 Å². The summed E-state index contributed by atoms with van der Waals surface area (Å²) in [5, 5.41) is 0. The molecule has 8 heterocycles. The van der Waals surface area contributed by atoms with Gasteiger partial charge < -0.3 is 52.9 Å². The number of aryl methyl sites for hydroxylation is 3. The number of para-hydroxylation sites is 3. The number of hydrogen-bond acceptors (Lipinski definition) is 18. The first-order chi connectivity index (χ1) is 59.9. The number of Topliss-reactive ketones (excluding diaryl/α,β-unsaturated/α-hetero) is 4. The number of imidazole rings is 1. The Bertz CT molecular complexity index is 4700. The fourth-order valence-corrected chi connectivity index (χ4v) is 17.9. The van der Waals surface area contributed by atoms with Gasteiger partial charge in [0.25, 0.3) is 11.8 Å². The second-order valence-corrected chi connectivity index (χ2v) is 34.9. The van der Waals surface area contributed by atoms with Crippen LogP contribution in [0.1, 0.15) is 186 Å². The van der Waals surface area contributed by atoms with Gasteiger partial charge >= 0.3 is 0 Å². The number of ether oxygens (including phenoxy) is 4. The van der Waals surface area contributed by atoms with Crippen molar-refractivity contribution in [2.45, 2.75) is 175 Å². The summed E-state index contributed by atoms with van der Waals surface area (Å²) < 4.78 is 80.1. The Morgan fingerprint density at radius 2 is 0.774 bits per heavy atom. The number of halogens is 4. The van der Waals surface area contributed by atoms with Crippen molar-refractivity contribution in [1.29, 1.82) is 0 Å². The first-order valence-electron chi connectivity index (χ1n) is 45.5. The molecular weight excluding hydrogens is 1580 g/mol. The van der Waals surface area contributed by atoms with Crippen LogP contribution in [-0.2, 0) is 6.54 Å². The monoisotopic (exact) mass is 1710 g/mol. The quantitative estimate of drug-likeness (QED) is 0.0212. The summed E-state index contributed by atoms with van der Waals surface area (Å²) >= 11 is 0. The summed E-state index contributed by atoms with van der Waals surface area (Å²) in [5.41, 5.74) is 8.13. The molecule has 4 atom stereocenters. The maximum Gasteiger partial charge on any atom is 0.253 e. The zero-order valence-electron chi connectivity index (χ0n) is 74.2. The molecule has 8 aromatic rings.